The van der Waals surface area contributed by atoms with Crippen molar-refractivity contribution in [2.75, 3.05) is 11.9 Å². The third-order valence-corrected chi connectivity index (χ3v) is 4.87. The number of benzene rings is 2. The van der Waals surface area contributed by atoms with Gasteiger partial charge in [0.15, 0.2) is 0 Å². The summed E-state index contributed by atoms with van der Waals surface area (Å²) in [4.78, 5) is 27.0. The van der Waals surface area contributed by atoms with Crippen molar-refractivity contribution in [2.45, 2.75) is 18.9 Å². The Labute approximate surface area is 160 Å². The maximum atomic E-state index is 12.8. The van der Waals surface area contributed by atoms with Crippen molar-refractivity contribution >= 4 is 52.3 Å². The second kappa shape index (κ2) is 7.65. The minimum absolute atomic E-state index is 0.244. The highest BCUT2D eigenvalue weighted by Crippen LogP contribution is 2.27. The minimum Gasteiger partial charge on any atom is -0.327 e. The van der Waals surface area contributed by atoms with Crippen molar-refractivity contribution in [3.8, 4) is 0 Å². The molecule has 1 unspecified atom stereocenters. The number of hydrogen-bond donors (Lipinski definition) is 1. The SMILES string of the molecule is O=C(Nc1cccc(Cl)c1)C1CCCN1C(=O)c1cc(Cl)ccc1Cl. The molecular weight excluding hydrogens is 383 g/mol. The van der Waals surface area contributed by atoms with E-state index in [0.717, 1.165) is 6.42 Å². The van der Waals surface area contributed by atoms with Crippen LogP contribution in [-0.2, 0) is 4.79 Å². The molecule has 1 aliphatic heterocycles. The number of rotatable bonds is 3. The topological polar surface area (TPSA) is 49.4 Å². The van der Waals surface area contributed by atoms with Gasteiger partial charge in [-0.3, -0.25) is 9.59 Å². The van der Waals surface area contributed by atoms with Gasteiger partial charge in [-0.2, -0.15) is 0 Å². The van der Waals surface area contributed by atoms with E-state index in [1.807, 2.05) is 0 Å². The zero-order valence-electron chi connectivity index (χ0n) is 13.1. The zero-order valence-corrected chi connectivity index (χ0v) is 15.4. The maximum absolute atomic E-state index is 12.8. The van der Waals surface area contributed by atoms with Crippen LogP contribution in [0.2, 0.25) is 15.1 Å². The number of halogens is 3. The molecule has 0 spiro atoms. The average Bonchev–Trinajstić information content (AvgIpc) is 3.06. The van der Waals surface area contributed by atoms with Gasteiger partial charge >= 0.3 is 0 Å². The largest absolute Gasteiger partial charge is 0.327 e. The van der Waals surface area contributed by atoms with E-state index in [1.165, 1.54) is 11.0 Å². The van der Waals surface area contributed by atoms with E-state index in [0.29, 0.717) is 39.3 Å². The van der Waals surface area contributed by atoms with Crippen molar-refractivity contribution in [3.05, 3.63) is 63.1 Å². The number of nitrogens with zero attached hydrogens (tertiary/aromatic N) is 1. The molecule has 25 heavy (non-hydrogen) atoms. The number of anilines is 1. The second-order valence-corrected chi connectivity index (χ2v) is 7.06. The molecule has 1 heterocycles. The number of amides is 2. The predicted octanol–water partition coefficient (Wildman–Crippen LogP) is 4.89. The Bertz CT molecular complexity index is 826. The van der Waals surface area contributed by atoms with E-state index in [9.17, 15) is 9.59 Å². The van der Waals surface area contributed by atoms with E-state index in [4.69, 9.17) is 34.8 Å². The first-order valence-corrected chi connectivity index (χ1v) is 8.91. The number of hydrogen-bond acceptors (Lipinski definition) is 2. The Morgan fingerprint density at radius 1 is 1.04 bits per heavy atom. The molecule has 0 saturated carbocycles. The van der Waals surface area contributed by atoms with Gasteiger partial charge in [-0.15, -0.1) is 0 Å². The molecule has 0 radical (unpaired) electrons. The molecule has 4 nitrogen and oxygen atoms in total. The van der Waals surface area contributed by atoms with Crippen LogP contribution in [0.4, 0.5) is 5.69 Å². The third kappa shape index (κ3) is 4.09. The molecule has 0 aliphatic carbocycles. The molecule has 2 aromatic rings. The van der Waals surface area contributed by atoms with Gasteiger partial charge < -0.3 is 10.2 Å². The van der Waals surface area contributed by atoms with E-state index < -0.39 is 6.04 Å². The lowest BCUT2D eigenvalue weighted by molar-refractivity contribution is -0.119. The zero-order chi connectivity index (χ0) is 18.0. The quantitative estimate of drug-likeness (QED) is 0.801. The highest BCUT2D eigenvalue weighted by Gasteiger charge is 2.35. The molecule has 1 N–H and O–H groups in total. The Morgan fingerprint density at radius 3 is 2.56 bits per heavy atom. The molecule has 1 aliphatic rings. The summed E-state index contributed by atoms with van der Waals surface area (Å²) in [5, 5.41) is 4.08. The number of carbonyl (C=O) groups excluding carboxylic acids is 2. The van der Waals surface area contributed by atoms with Crippen LogP contribution < -0.4 is 5.32 Å². The van der Waals surface area contributed by atoms with Crippen LogP contribution in [0.25, 0.3) is 0 Å². The Morgan fingerprint density at radius 2 is 1.80 bits per heavy atom. The summed E-state index contributed by atoms with van der Waals surface area (Å²) in [5.41, 5.74) is 0.897. The lowest BCUT2D eigenvalue weighted by atomic mass is 10.1. The molecule has 1 fully saturated rings. The molecule has 2 aromatic carbocycles. The fourth-order valence-electron chi connectivity index (χ4n) is 2.89. The van der Waals surface area contributed by atoms with Crippen LogP contribution in [0.5, 0.6) is 0 Å². The van der Waals surface area contributed by atoms with Gasteiger partial charge in [0.05, 0.1) is 10.6 Å². The van der Waals surface area contributed by atoms with Gasteiger partial charge in [-0.1, -0.05) is 40.9 Å². The second-order valence-electron chi connectivity index (χ2n) is 5.78. The fraction of sp³-hybridized carbons (Fsp3) is 0.222. The van der Waals surface area contributed by atoms with E-state index in [-0.39, 0.29) is 11.8 Å². The number of nitrogens with one attached hydrogen (secondary N) is 1. The van der Waals surface area contributed by atoms with E-state index >= 15 is 0 Å². The molecule has 0 aromatic heterocycles. The third-order valence-electron chi connectivity index (χ3n) is 4.07. The van der Waals surface area contributed by atoms with Crippen LogP contribution in [0, 0.1) is 0 Å². The summed E-state index contributed by atoms with van der Waals surface area (Å²) >= 11 is 18.0. The lowest BCUT2D eigenvalue weighted by Crippen LogP contribution is -2.43. The minimum atomic E-state index is -0.554. The van der Waals surface area contributed by atoms with Gasteiger partial charge in [0.1, 0.15) is 6.04 Å². The van der Waals surface area contributed by atoms with Gasteiger partial charge in [-0.25, -0.2) is 0 Å². The van der Waals surface area contributed by atoms with Gasteiger partial charge in [0.25, 0.3) is 5.91 Å². The average molecular weight is 398 g/mol. The summed E-state index contributed by atoms with van der Waals surface area (Å²) in [6.45, 7) is 0.495. The fourth-order valence-corrected chi connectivity index (χ4v) is 3.45. The van der Waals surface area contributed by atoms with Crippen LogP contribution in [0.15, 0.2) is 42.5 Å². The normalized spacial score (nSPS) is 16.8. The van der Waals surface area contributed by atoms with Crippen molar-refractivity contribution in [3.63, 3.8) is 0 Å². The molecule has 1 saturated heterocycles. The first-order valence-electron chi connectivity index (χ1n) is 7.78. The molecule has 7 heteroatoms. The molecule has 130 valence electrons. The standard InChI is InChI=1S/C18H15Cl3N2O2/c19-11-3-1-4-13(9-11)22-17(24)16-5-2-8-23(16)18(25)14-10-12(20)6-7-15(14)21/h1,3-4,6-7,9-10,16H,2,5,8H2,(H,22,24). The van der Waals surface area contributed by atoms with Crippen LogP contribution in [0.1, 0.15) is 23.2 Å². The Balaban J connectivity index is 1.79. The summed E-state index contributed by atoms with van der Waals surface area (Å²) in [7, 11) is 0. The Kier molecular flexibility index (Phi) is 5.52. The summed E-state index contributed by atoms with van der Waals surface area (Å²) in [6, 6.07) is 11.1. The number of carbonyl (C=O) groups is 2. The first-order chi connectivity index (χ1) is 12.0. The Hall–Kier alpha value is -1.75. The van der Waals surface area contributed by atoms with Crippen molar-refractivity contribution < 1.29 is 9.59 Å². The highest BCUT2D eigenvalue weighted by atomic mass is 35.5. The molecule has 1 atom stereocenters. The van der Waals surface area contributed by atoms with Crippen molar-refractivity contribution in [1.82, 2.24) is 4.90 Å². The summed E-state index contributed by atoms with van der Waals surface area (Å²) < 4.78 is 0. The summed E-state index contributed by atoms with van der Waals surface area (Å²) in [5.74, 6) is -0.539. The van der Waals surface area contributed by atoms with Gasteiger partial charge in [-0.05, 0) is 49.2 Å². The molecular formula is C18H15Cl3N2O2. The number of likely N-dealkylation sites (tertiary alicyclic amines) is 1. The smallest absolute Gasteiger partial charge is 0.256 e. The molecule has 0 bridgehead atoms. The van der Waals surface area contributed by atoms with Crippen LogP contribution >= 0.6 is 34.8 Å². The predicted molar refractivity (Wildman–Crippen MR) is 101 cm³/mol. The van der Waals surface area contributed by atoms with Crippen LogP contribution in [-0.4, -0.2) is 29.3 Å². The van der Waals surface area contributed by atoms with Crippen LogP contribution in [0.3, 0.4) is 0 Å². The van der Waals surface area contributed by atoms with Crippen molar-refractivity contribution in [2.24, 2.45) is 0 Å². The van der Waals surface area contributed by atoms with E-state index in [2.05, 4.69) is 5.32 Å². The van der Waals surface area contributed by atoms with Gasteiger partial charge in [0.2, 0.25) is 5.91 Å². The first kappa shape index (κ1) is 18.1. The van der Waals surface area contributed by atoms with Gasteiger partial charge in [0, 0.05) is 22.3 Å². The highest BCUT2D eigenvalue weighted by molar-refractivity contribution is 6.35. The summed E-state index contributed by atoms with van der Waals surface area (Å²) in [6.07, 6.45) is 1.34. The molecule has 3 rings (SSSR count). The maximum Gasteiger partial charge on any atom is 0.256 e. The van der Waals surface area contributed by atoms with Crippen molar-refractivity contribution in [1.29, 1.82) is 0 Å². The monoisotopic (exact) mass is 396 g/mol. The van der Waals surface area contributed by atoms with E-state index in [1.54, 1.807) is 36.4 Å². The molecule has 2 amide bonds. The lowest BCUT2D eigenvalue weighted by Gasteiger charge is -2.24.